The fourth-order valence-electron chi connectivity index (χ4n) is 1.40. The van der Waals surface area contributed by atoms with E-state index in [1.54, 1.807) is 0 Å². The second-order valence-electron chi connectivity index (χ2n) is 3.22. The number of hydrogen-bond acceptors (Lipinski definition) is 6. The van der Waals surface area contributed by atoms with Crippen LogP contribution in [-0.4, -0.2) is 28.9 Å². The van der Waals surface area contributed by atoms with E-state index in [1.165, 1.54) is 13.2 Å². The lowest BCUT2D eigenvalue weighted by Crippen LogP contribution is -2.17. The summed E-state index contributed by atoms with van der Waals surface area (Å²) in [5, 5.41) is 29.4. The first-order valence-electron chi connectivity index (χ1n) is 4.54. The van der Waals surface area contributed by atoms with E-state index in [1.807, 2.05) is 0 Å². The second-order valence-corrected chi connectivity index (χ2v) is 3.62. The van der Waals surface area contributed by atoms with Crippen LogP contribution in [0, 0.1) is 10.1 Å². The lowest BCUT2D eigenvalue weighted by Gasteiger charge is -2.14. The zero-order valence-electron chi connectivity index (χ0n) is 8.88. The van der Waals surface area contributed by atoms with Crippen molar-refractivity contribution in [2.24, 2.45) is 5.73 Å². The first kappa shape index (κ1) is 13.5. The molecule has 1 aromatic rings. The number of aromatic hydroxyl groups is 1. The van der Waals surface area contributed by atoms with E-state index < -0.39 is 29.0 Å². The molecule has 17 heavy (non-hydrogen) atoms. The molecule has 0 spiro atoms. The fourth-order valence-corrected chi connectivity index (χ4v) is 1.73. The lowest BCUT2D eigenvalue weighted by molar-refractivity contribution is -0.386. The summed E-state index contributed by atoms with van der Waals surface area (Å²) in [4.78, 5) is 10.1. The summed E-state index contributed by atoms with van der Waals surface area (Å²) in [5.74, 6) is -0.795. The number of ether oxygens (including phenoxy) is 1. The van der Waals surface area contributed by atoms with Gasteiger partial charge < -0.3 is 20.7 Å². The molecule has 0 aliphatic heterocycles. The largest absolute Gasteiger partial charge is 0.500 e. The minimum Gasteiger partial charge on any atom is -0.500 e. The molecule has 0 aromatic heterocycles. The van der Waals surface area contributed by atoms with Crippen molar-refractivity contribution >= 4 is 17.3 Å². The Hall–Kier alpha value is -1.57. The van der Waals surface area contributed by atoms with Crippen LogP contribution in [0.5, 0.6) is 11.5 Å². The van der Waals surface area contributed by atoms with Crippen LogP contribution in [0.4, 0.5) is 5.69 Å². The number of aliphatic hydroxyl groups is 1. The van der Waals surface area contributed by atoms with Gasteiger partial charge >= 0.3 is 5.69 Å². The van der Waals surface area contributed by atoms with Crippen molar-refractivity contribution < 1.29 is 19.9 Å². The SMILES string of the molecule is COc1cc(Cl)c([C@H](N)CO)c([N+](=O)[O-])c1O. The summed E-state index contributed by atoms with van der Waals surface area (Å²) in [6, 6.07) is 0.147. The summed E-state index contributed by atoms with van der Waals surface area (Å²) in [6.07, 6.45) is 0. The molecule has 7 nitrogen and oxygen atoms in total. The number of methoxy groups -OCH3 is 1. The molecule has 0 amide bonds. The summed E-state index contributed by atoms with van der Waals surface area (Å²) in [6.45, 7) is -0.535. The predicted octanol–water partition coefficient (Wildman–Crippen LogP) is 0.955. The number of benzene rings is 1. The number of nitro benzene ring substituents is 1. The molecule has 0 aliphatic rings. The molecule has 0 saturated carbocycles. The Bertz CT molecular complexity index is 452. The molecule has 0 bridgehead atoms. The fraction of sp³-hybridized carbons (Fsp3) is 0.333. The van der Waals surface area contributed by atoms with Crippen molar-refractivity contribution in [3.63, 3.8) is 0 Å². The van der Waals surface area contributed by atoms with E-state index in [0.717, 1.165) is 0 Å². The van der Waals surface area contributed by atoms with Crippen LogP contribution in [0.1, 0.15) is 11.6 Å². The smallest absolute Gasteiger partial charge is 0.320 e. The maximum absolute atomic E-state index is 10.9. The first-order chi connectivity index (χ1) is 7.93. The Morgan fingerprint density at radius 1 is 1.71 bits per heavy atom. The number of nitrogens with zero attached hydrogens (tertiary/aromatic N) is 1. The van der Waals surface area contributed by atoms with Crippen LogP contribution in [0.25, 0.3) is 0 Å². The highest BCUT2D eigenvalue weighted by molar-refractivity contribution is 6.32. The van der Waals surface area contributed by atoms with Gasteiger partial charge in [0.15, 0.2) is 5.75 Å². The molecule has 94 valence electrons. The van der Waals surface area contributed by atoms with Gasteiger partial charge in [-0.2, -0.15) is 0 Å². The van der Waals surface area contributed by atoms with Gasteiger partial charge in [0.2, 0.25) is 5.75 Å². The molecule has 8 heteroatoms. The van der Waals surface area contributed by atoms with Gasteiger partial charge in [-0.25, -0.2) is 0 Å². The average molecular weight is 263 g/mol. The Morgan fingerprint density at radius 3 is 2.71 bits per heavy atom. The minimum absolute atomic E-state index is 0.0482. The normalized spacial score (nSPS) is 12.2. The standard InChI is InChI=1S/C9H11ClN2O5/c1-17-6-2-4(10)7(5(11)3-13)8(9(6)14)12(15)16/h2,5,13-14H,3,11H2,1H3/t5-/m1/s1. The van der Waals surface area contributed by atoms with Gasteiger partial charge in [-0.05, 0) is 0 Å². The summed E-state index contributed by atoms with van der Waals surface area (Å²) < 4.78 is 4.74. The second kappa shape index (κ2) is 5.17. The highest BCUT2D eigenvalue weighted by atomic mass is 35.5. The maximum Gasteiger partial charge on any atom is 0.320 e. The van der Waals surface area contributed by atoms with Crippen molar-refractivity contribution in [1.29, 1.82) is 0 Å². The summed E-state index contributed by atoms with van der Waals surface area (Å²) >= 11 is 5.82. The number of nitrogens with two attached hydrogens (primary N) is 1. The molecular weight excluding hydrogens is 252 g/mol. The van der Waals surface area contributed by atoms with Crippen LogP contribution in [0.3, 0.4) is 0 Å². The molecule has 0 heterocycles. The molecule has 1 atom stereocenters. The third-order valence-electron chi connectivity index (χ3n) is 2.20. The van der Waals surface area contributed by atoms with E-state index in [4.69, 9.17) is 27.2 Å². The number of phenolic OH excluding ortho intramolecular Hbond substituents is 1. The summed E-state index contributed by atoms with van der Waals surface area (Å²) in [7, 11) is 1.24. The van der Waals surface area contributed by atoms with Crippen LogP contribution in [-0.2, 0) is 0 Å². The van der Waals surface area contributed by atoms with Gasteiger partial charge in [0, 0.05) is 6.07 Å². The molecule has 0 fully saturated rings. The zero-order valence-corrected chi connectivity index (χ0v) is 9.64. The number of aliphatic hydroxyl groups excluding tert-OH is 1. The Balaban J connectivity index is 3.58. The van der Waals surface area contributed by atoms with Crippen LogP contribution in [0.2, 0.25) is 5.02 Å². The van der Waals surface area contributed by atoms with E-state index in [-0.39, 0.29) is 16.3 Å². The Morgan fingerprint density at radius 2 is 2.29 bits per heavy atom. The Labute approximate surface area is 102 Å². The minimum atomic E-state index is -1.06. The van der Waals surface area contributed by atoms with Gasteiger partial charge in [-0.3, -0.25) is 10.1 Å². The van der Waals surface area contributed by atoms with Gasteiger partial charge in [-0.15, -0.1) is 0 Å². The topological polar surface area (TPSA) is 119 Å². The van der Waals surface area contributed by atoms with E-state index in [9.17, 15) is 15.2 Å². The Kier molecular flexibility index (Phi) is 4.11. The van der Waals surface area contributed by atoms with Gasteiger partial charge in [-0.1, -0.05) is 11.6 Å². The van der Waals surface area contributed by atoms with E-state index in [0.29, 0.717) is 0 Å². The lowest BCUT2D eigenvalue weighted by atomic mass is 10.0. The monoisotopic (exact) mass is 262 g/mol. The predicted molar refractivity (Wildman–Crippen MR) is 60.3 cm³/mol. The third kappa shape index (κ3) is 2.41. The molecule has 0 saturated heterocycles. The van der Waals surface area contributed by atoms with E-state index >= 15 is 0 Å². The highest BCUT2D eigenvalue weighted by Crippen LogP contribution is 2.44. The number of hydrogen-bond donors (Lipinski definition) is 3. The van der Waals surface area contributed by atoms with Gasteiger partial charge in [0.05, 0.1) is 35.3 Å². The number of halogens is 1. The van der Waals surface area contributed by atoms with Gasteiger partial charge in [0.25, 0.3) is 0 Å². The number of phenols is 1. The number of nitro groups is 1. The molecule has 0 radical (unpaired) electrons. The maximum atomic E-state index is 10.9. The van der Waals surface area contributed by atoms with Crippen LogP contribution >= 0.6 is 11.6 Å². The quantitative estimate of drug-likeness (QED) is 0.549. The van der Waals surface area contributed by atoms with Crippen LogP contribution in [0.15, 0.2) is 6.07 Å². The summed E-state index contributed by atoms with van der Waals surface area (Å²) in [5.41, 5.74) is 4.72. The zero-order chi connectivity index (χ0) is 13.2. The first-order valence-corrected chi connectivity index (χ1v) is 4.92. The van der Waals surface area contributed by atoms with Crippen molar-refractivity contribution in [3.8, 4) is 11.5 Å². The van der Waals surface area contributed by atoms with Crippen molar-refractivity contribution in [1.82, 2.24) is 0 Å². The molecule has 0 aliphatic carbocycles. The molecular formula is C9H11ClN2O5. The third-order valence-corrected chi connectivity index (χ3v) is 2.51. The van der Waals surface area contributed by atoms with Gasteiger partial charge in [0.1, 0.15) is 0 Å². The number of rotatable bonds is 4. The van der Waals surface area contributed by atoms with Crippen LogP contribution < -0.4 is 10.5 Å². The highest BCUT2D eigenvalue weighted by Gasteiger charge is 2.30. The van der Waals surface area contributed by atoms with E-state index in [2.05, 4.69) is 0 Å². The molecule has 1 rings (SSSR count). The van der Waals surface area contributed by atoms with Crippen molar-refractivity contribution in [2.75, 3.05) is 13.7 Å². The molecule has 4 N–H and O–H groups in total. The van der Waals surface area contributed by atoms with Crippen molar-refractivity contribution in [2.45, 2.75) is 6.04 Å². The molecule has 0 unspecified atom stereocenters. The average Bonchev–Trinajstić information content (AvgIpc) is 2.29. The molecule has 1 aromatic carbocycles. The van der Waals surface area contributed by atoms with Crippen molar-refractivity contribution in [3.05, 3.63) is 26.8 Å².